The molecule has 2 aliphatic rings. The van der Waals surface area contributed by atoms with Crippen molar-refractivity contribution >= 4 is 0 Å². The lowest BCUT2D eigenvalue weighted by Gasteiger charge is -2.34. The molecule has 0 aliphatic carbocycles. The van der Waals surface area contributed by atoms with Crippen LogP contribution in [-0.2, 0) is 9.47 Å². The van der Waals surface area contributed by atoms with E-state index >= 15 is 0 Å². The van der Waals surface area contributed by atoms with Crippen molar-refractivity contribution in [2.45, 2.75) is 25.3 Å². The van der Waals surface area contributed by atoms with Crippen molar-refractivity contribution in [3.05, 3.63) is 0 Å². The third-order valence-electron chi connectivity index (χ3n) is 3.99. The summed E-state index contributed by atoms with van der Waals surface area (Å²) in [5.41, 5.74) is 6.13. The van der Waals surface area contributed by atoms with E-state index in [4.69, 9.17) is 15.2 Å². The molecule has 4 nitrogen and oxygen atoms in total. The van der Waals surface area contributed by atoms with Crippen molar-refractivity contribution in [2.75, 3.05) is 46.6 Å². The lowest BCUT2D eigenvalue weighted by molar-refractivity contribution is 0.0202. The maximum absolute atomic E-state index is 6.13. The van der Waals surface area contributed by atoms with Crippen molar-refractivity contribution < 1.29 is 9.47 Å². The average molecular weight is 242 g/mol. The second kappa shape index (κ2) is 6.69. The van der Waals surface area contributed by atoms with E-state index < -0.39 is 0 Å². The average Bonchev–Trinajstić information content (AvgIpc) is 2.33. The Morgan fingerprint density at radius 1 is 1.06 bits per heavy atom. The predicted molar refractivity (Wildman–Crippen MR) is 67.9 cm³/mol. The Kier molecular flexibility index (Phi) is 5.22. The van der Waals surface area contributed by atoms with Gasteiger partial charge in [-0.05, 0) is 32.2 Å². The van der Waals surface area contributed by atoms with Crippen molar-refractivity contribution in [3.8, 4) is 0 Å². The number of nitrogens with zero attached hydrogens (tertiary/aromatic N) is 1. The molecule has 2 fully saturated rings. The molecule has 0 aromatic heterocycles. The van der Waals surface area contributed by atoms with Gasteiger partial charge in [0.1, 0.15) is 0 Å². The third kappa shape index (κ3) is 4.21. The molecular weight excluding hydrogens is 216 g/mol. The van der Waals surface area contributed by atoms with Gasteiger partial charge in [0.2, 0.25) is 0 Å². The summed E-state index contributed by atoms with van der Waals surface area (Å²) in [5, 5.41) is 0. The van der Waals surface area contributed by atoms with E-state index in [0.29, 0.717) is 12.0 Å². The Morgan fingerprint density at radius 2 is 1.76 bits per heavy atom. The zero-order valence-electron chi connectivity index (χ0n) is 10.9. The van der Waals surface area contributed by atoms with Crippen LogP contribution in [0.1, 0.15) is 19.3 Å². The van der Waals surface area contributed by atoms with Gasteiger partial charge in [0.25, 0.3) is 0 Å². The van der Waals surface area contributed by atoms with E-state index in [-0.39, 0.29) is 0 Å². The first-order chi connectivity index (χ1) is 8.25. The number of nitrogens with two attached hydrogens (primary N) is 1. The minimum absolute atomic E-state index is 0.320. The number of hydrogen-bond donors (Lipinski definition) is 1. The monoisotopic (exact) mass is 242 g/mol. The molecule has 2 unspecified atom stereocenters. The van der Waals surface area contributed by atoms with Gasteiger partial charge in [-0.15, -0.1) is 0 Å². The molecule has 2 saturated heterocycles. The quantitative estimate of drug-likeness (QED) is 0.789. The van der Waals surface area contributed by atoms with Crippen LogP contribution in [-0.4, -0.2) is 57.5 Å². The summed E-state index contributed by atoms with van der Waals surface area (Å²) in [5.74, 6) is 1.31. The van der Waals surface area contributed by atoms with Gasteiger partial charge in [0.15, 0.2) is 0 Å². The molecule has 2 aliphatic heterocycles. The summed E-state index contributed by atoms with van der Waals surface area (Å²) in [4.78, 5) is 2.43. The lowest BCUT2D eigenvalue weighted by Crippen LogP contribution is -2.45. The zero-order valence-corrected chi connectivity index (χ0v) is 10.9. The first kappa shape index (κ1) is 13.3. The molecule has 0 aromatic rings. The minimum atomic E-state index is 0.320. The summed E-state index contributed by atoms with van der Waals surface area (Å²) in [7, 11) is 2.21. The van der Waals surface area contributed by atoms with Gasteiger partial charge in [-0.3, -0.25) is 0 Å². The van der Waals surface area contributed by atoms with E-state index in [0.717, 1.165) is 45.3 Å². The molecule has 100 valence electrons. The molecule has 2 heterocycles. The zero-order chi connectivity index (χ0) is 12.1. The van der Waals surface area contributed by atoms with Crippen LogP contribution in [0.5, 0.6) is 0 Å². The summed E-state index contributed by atoms with van der Waals surface area (Å²) >= 11 is 0. The Bertz CT molecular complexity index is 219. The topological polar surface area (TPSA) is 47.7 Å². The maximum Gasteiger partial charge on any atom is 0.0521 e. The van der Waals surface area contributed by atoms with Gasteiger partial charge in [0, 0.05) is 44.9 Å². The molecule has 17 heavy (non-hydrogen) atoms. The van der Waals surface area contributed by atoms with Gasteiger partial charge >= 0.3 is 0 Å². The molecule has 2 N–H and O–H groups in total. The highest BCUT2D eigenvalue weighted by Crippen LogP contribution is 2.18. The molecule has 0 spiro atoms. The molecule has 2 atom stereocenters. The van der Waals surface area contributed by atoms with E-state index in [1.165, 1.54) is 19.4 Å². The van der Waals surface area contributed by atoms with Gasteiger partial charge in [-0.25, -0.2) is 0 Å². The smallest absolute Gasteiger partial charge is 0.0521 e. The fraction of sp³-hybridized carbons (Fsp3) is 1.00. The van der Waals surface area contributed by atoms with Crippen LogP contribution in [0.4, 0.5) is 0 Å². The SMILES string of the molecule is CN(CC1CCOCC1)CC1COCCC1N. The van der Waals surface area contributed by atoms with Gasteiger partial charge in [-0.2, -0.15) is 0 Å². The highest BCUT2D eigenvalue weighted by atomic mass is 16.5. The van der Waals surface area contributed by atoms with Crippen LogP contribution >= 0.6 is 0 Å². The lowest BCUT2D eigenvalue weighted by atomic mass is 9.95. The van der Waals surface area contributed by atoms with E-state index in [2.05, 4.69) is 11.9 Å². The standard InChI is InChI=1S/C13H26N2O2/c1-15(8-11-2-5-16-6-3-11)9-12-10-17-7-4-13(12)14/h11-13H,2-10,14H2,1H3. The Hall–Kier alpha value is -0.160. The largest absolute Gasteiger partial charge is 0.381 e. The van der Waals surface area contributed by atoms with E-state index in [9.17, 15) is 0 Å². The van der Waals surface area contributed by atoms with Gasteiger partial charge in [0.05, 0.1) is 6.61 Å². The second-order valence-electron chi connectivity index (χ2n) is 5.56. The minimum Gasteiger partial charge on any atom is -0.381 e. The van der Waals surface area contributed by atoms with Crippen LogP contribution in [0.3, 0.4) is 0 Å². The summed E-state index contributed by atoms with van der Waals surface area (Å²) in [6.07, 6.45) is 3.42. The molecule has 0 saturated carbocycles. The highest BCUT2D eigenvalue weighted by molar-refractivity contribution is 4.79. The van der Waals surface area contributed by atoms with E-state index in [1.54, 1.807) is 0 Å². The van der Waals surface area contributed by atoms with Crippen LogP contribution in [0.15, 0.2) is 0 Å². The van der Waals surface area contributed by atoms with Crippen molar-refractivity contribution in [1.29, 1.82) is 0 Å². The fourth-order valence-electron chi connectivity index (χ4n) is 2.85. The van der Waals surface area contributed by atoms with Crippen LogP contribution in [0.25, 0.3) is 0 Å². The Labute approximate surface area is 104 Å². The first-order valence-electron chi connectivity index (χ1n) is 6.85. The molecule has 0 amide bonds. The first-order valence-corrected chi connectivity index (χ1v) is 6.85. The van der Waals surface area contributed by atoms with Crippen LogP contribution in [0.2, 0.25) is 0 Å². The number of hydrogen-bond acceptors (Lipinski definition) is 4. The molecular formula is C13H26N2O2. The summed E-state index contributed by atoms with van der Waals surface area (Å²) in [6, 6.07) is 0.320. The van der Waals surface area contributed by atoms with Gasteiger partial charge in [-0.1, -0.05) is 0 Å². The van der Waals surface area contributed by atoms with Crippen molar-refractivity contribution in [3.63, 3.8) is 0 Å². The fourth-order valence-corrected chi connectivity index (χ4v) is 2.85. The molecule has 2 rings (SSSR count). The predicted octanol–water partition coefficient (Wildman–Crippen LogP) is 0.709. The van der Waals surface area contributed by atoms with Crippen molar-refractivity contribution in [1.82, 2.24) is 4.90 Å². The number of ether oxygens (including phenoxy) is 2. The second-order valence-corrected chi connectivity index (χ2v) is 5.56. The Morgan fingerprint density at radius 3 is 2.47 bits per heavy atom. The summed E-state index contributed by atoms with van der Waals surface area (Å²) in [6.45, 7) is 5.78. The normalized spacial score (nSPS) is 31.9. The van der Waals surface area contributed by atoms with Crippen LogP contribution in [0, 0.1) is 11.8 Å². The maximum atomic E-state index is 6.13. The third-order valence-corrected chi connectivity index (χ3v) is 3.99. The molecule has 0 bridgehead atoms. The van der Waals surface area contributed by atoms with Crippen molar-refractivity contribution in [2.24, 2.45) is 17.6 Å². The Balaban J connectivity index is 1.70. The van der Waals surface area contributed by atoms with E-state index in [1.807, 2.05) is 0 Å². The molecule has 0 aromatic carbocycles. The van der Waals surface area contributed by atoms with Gasteiger partial charge < -0.3 is 20.1 Å². The van der Waals surface area contributed by atoms with Crippen LogP contribution < -0.4 is 5.73 Å². The highest BCUT2D eigenvalue weighted by Gasteiger charge is 2.24. The molecule has 0 radical (unpaired) electrons. The molecule has 4 heteroatoms. The number of rotatable bonds is 4. The summed E-state index contributed by atoms with van der Waals surface area (Å²) < 4.78 is 10.9.